The molecule has 0 saturated heterocycles. The van der Waals surface area contributed by atoms with Crippen LogP contribution in [-0.4, -0.2) is 4.55 Å². The molecule has 0 aromatic heterocycles. The standard InChI is InChI=1S/C16H16O2S/c1-9-5-13-15(7-11(9)3)19(17)16-8-12(4)10(2)6-14(16)18-13/h5-8H,1-4H3. The van der Waals surface area contributed by atoms with E-state index in [1.165, 1.54) is 0 Å². The quantitative estimate of drug-likeness (QED) is 0.673. The third-order valence-electron chi connectivity index (χ3n) is 3.74. The number of hydrogen-bond acceptors (Lipinski definition) is 2. The highest BCUT2D eigenvalue weighted by Crippen LogP contribution is 2.44. The van der Waals surface area contributed by atoms with Gasteiger partial charge < -0.3 is 9.29 Å². The molecule has 3 rings (SSSR count). The Morgan fingerprint density at radius 2 is 1.11 bits per heavy atom. The monoisotopic (exact) mass is 272 g/mol. The molecule has 0 spiro atoms. The summed E-state index contributed by atoms with van der Waals surface area (Å²) in [4.78, 5) is 1.55. The Labute approximate surface area is 116 Å². The van der Waals surface area contributed by atoms with Crippen molar-refractivity contribution < 1.29 is 9.29 Å². The summed E-state index contributed by atoms with van der Waals surface area (Å²) in [7, 11) is 0. The van der Waals surface area contributed by atoms with E-state index in [0.29, 0.717) is 0 Å². The van der Waals surface area contributed by atoms with Gasteiger partial charge in [0.15, 0.2) is 11.5 Å². The fraction of sp³-hybridized carbons (Fsp3) is 0.250. The molecule has 0 atom stereocenters. The maximum Gasteiger partial charge on any atom is 0.201 e. The lowest BCUT2D eigenvalue weighted by Crippen LogP contribution is -2.12. The van der Waals surface area contributed by atoms with E-state index in [0.717, 1.165) is 43.5 Å². The van der Waals surface area contributed by atoms with Crippen molar-refractivity contribution in [1.29, 1.82) is 0 Å². The van der Waals surface area contributed by atoms with E-state index < -0.39 is 11.2 Å². The third-order valence-corrected chi connectivity index (χ3v) is 5.18. The van der Waals surface area contributed by atoms with Crippen molar-refractivity contribution in [3.05, 3.63) is 46.5 Å². The number of aryl methyl sites for hydroxylation is 4. The lowest BCUT2D eigenvalue weighted by atomic mass is 10.1. The Hall–Kier alpha value is -1.45. The first-order valence-electron chi connectivity index (χ1n) is 6.29. The summed E-state index contributed by atoms with van der Waals surface area (Å²) in [5.41, 5.74) is 4.59. The van der Waals surface area contributed by atoms with Crippen LogP contribution in [0.5, 0.6) is 11.5 Å². The van der Waals surface area contributed by atoms with Gasteiger partial charge in [0.25, 0.3) is 0 Å². The van der Waals surface area contributed by atoms with Gasteiger partial charge in [0.05, 0.1) is 0 Å². The molecule has 0 aliphatic carbocycles. The molecular weight excluding hydrogens is 256 g/mol. The molecule has 0 amide bonds. The van der Waals surface area contributed by atoms with Crippen molar-refractivity contribution in [2.45, 2.75) is 37.5 Å². The van der Waals surface area contributed by atoms with Gasteiger partial charge in [-0.05, 0) is 62.1 Å². The van der Waals surface area contributed by atoms with Gasteiger partial charge in [-0.2, -0.15) is 0 Å². The number of benzene rings is 2. The van der Waals surface area contributed by atoms with Crippen LogP contribution in [0.2, 0.25) is 0 Å². The normalized spacial score (nSPS) is 13.7. The minimum absolute atomic E-state index is 0.720. The number of rotatable bonds is 0. The van der Waals surface area contributed by atoms with Crippen LogP contribution in [0.4, 0.5) is 0 Å². The van der Waals surface area contributed by atoms with Crippen molar-refractivity contribution in [2.24, 2.45) is 0 Å². The molecule has 0 unspecified atom stereocenters. The largest absolute Gasteiger partial charge is 0.606 e. The lowest BCUT2D eigenvalue weighted by molar-refractivity contribution is 0.441. The summed E-state index contributed by atoms with van der Waals surface area (Å²) in [5.74, 6) is 1.44. The summed E-state index contributed by atoms with van der Waals surface area (Å²) < 4.78 is 18.6. The van der Waals surface area contributed by atoms with E-state index in [1.54, 1.807) is 0 Å². The predicted molar refractivity (Wildman–Crippen MR) is 76.6 cm³/mol. The molecule has 0 fully saturated rings. The fourth-order valence-corrected chi connectivity index (χ4v) is 3.58. The minimum atomic E-state index is -1.15. The van der Waals surface area contributed by atoms with E-state index in [2.05, 4.69) is 0 Å². The fourth-order valence-electron chi connectivity index (χ4n) is 2.21. The first-order valence-corrected chi connectivity index (χ1v) is 7.44. The lowest BCUT2D eigenvalue weighted by Gasteiger charge is -2.23. The Balaban J connectivity index is 2.20. The predicted octanol–water partition coefficient (Wildman–Crippen LogP) is 4.19. The first kappa shape index (κ1) is 12.6. The first-order chi connectivity index (χ1) is 8.97. The highest BCUT2D eigenvalue weighted by molar-refractivity contribution is 7.91. The van der Waals surface area contributed by atoms with Crippen molar-refractivity contribution >= 4 is 11.2 Å². The zero-order chi connectivity index (χ0) is 13.7. The minimum Gasteiger partial charge on any atom is -0.606 e. The molecular formula is C16H16O2S. The summed E-state index contributed by atoms with van der Waals surface area (Å²) in [5, 5.41) is 0. The van der Waals surface area contributed by atoms with E-state index in [-0.39, 0.29) is 0 Å². The zero-order valence-corrected chi connectivity index (χ0v) is 12.4. The van der Waals surface area contributed by atoms with E-state index in [1.807, 2.05) is 52.0 Å². The Bertz CT molecular complexity index is 619. The molecule has 98 valence electrons. The molecule has 0 N–H and O–H groups in total. The summed E-state index contributed by atoms with van der Waals surface area (Å²) in [6, 6.07) is 7.89. The van der Waals surface area contributed by atoms with Crippen LogP contribution in [-0.2, 0) is 11.2 Å². The molecule has 1 aliphatic heterocycles. The molecule has 19 heavy (non-hydrogen) atoms. The van der Waals surface area contributed by atoms with Gasteiger partial charge in [0.1, 0.15) is 0 Å². The van der Waals surface area contributed by atoms with Gasteiger partial charge in [0, 0.05) is 23.3 Å². The average molecular weight is 272 g/mol. The van der Waals surface area contributed by atoms with Gasteiger partial charge >= 0.3 is 0 Å². The number of hydrogen-bond donors (Lipinski definition) is 0. The smallest absolute Gasteiger partial charge is 0.201 e. The maximum absolute atomic E-state index is 12.7. The van der Waals surface area contributed by atoms with Crippen LogP contribution in [0.1, 0.15) is 22.3 Å². The van der Waals surface area contributed by atoms with E-state index in [9.17, 15) is 4.55 Å². The highest BCUT2D eigenvalue weighted by atomic mass is 32.2. The molecule has 0 saturated carbocycles. The Morgan fingerprint density at radius 1 is 0.737 bits per heavy atom. The van der Waals surface area contributed by atoms with Crippen LogP contribution in [0, 0.1) is 27.7 Å². The van der Waals surface area contributed by atoms with Gasteiger partial charge in [-0.15, -0.1) is 0 Å². The number of ether oxygens (including phenoxy) is 1. The van der Waals surface area contributed by atoms with Crippen LogP contribution in [0.3, 0.4) is 0 Å². The summed E-state index contributed by atoms with van der Waals surface area (Å²) in [6.45, 7) is 8.14. The van der Waals surface area contributed by atoms with Crippen molar-refractivity contribution in [1.82, 2.24) is 0 Å². The van der Waals surface area contributed by atoms with Crippen molar-refractivity contribution in [3.63, 3.8) is 0 Å². The van der Waals surface area contributed by atoms with Crippen molar-refractivity contribution in [3.8, 4) is 11.5 Å². The highest BCUT2D eigenvalue weighted by Gasteiger charge is 2.31. The average Bonchev–Trinajstić information content (AvgIpc) is 2.35. The van der Waals surface area contributed by atoms with Gasteiger partial charge in [-0.25, -0.2) is 0 Å². The molecule has 2 aromatic carbocycles. The SMILES string of the molecule is Cc1cc2c(cc1C)[S+]([O-])c1cc(C)c(C)cc1O2. The van der Waals surface area contributed by atoms with Crippen LogP contribution in [0.15, 0.2) is 34.1 Å². The second-order valence-electron chi connectivity index (χ2n) is 5.14. The summed E-state index contributed by atoms with van der Waals surface area (Å²) in [6.07, 6.45) is 0. The van der Waals surface area contributed by atoms with Crippen LogP contribution >= 0.6 is 0 Å². The number of fused-ring (bicyclic) bond motifs is 2. The Kier molecular flexibility index (Phi) is 2.84. The molecule has 1 aliphatic rings. The van der Waals surface area contributed by atoms with Gasteiger partial charge in [-0.3, -0.25) is 0 Å². The van der Waals surface area contributed by atoms with Crippen LogP contribution in [0.25, 0.3) is 0 Å². The molecule has 2 aromatic rings. The topological polar surface area (TPSA) is 32.3 Å². The molecule has 3 heteroatoms. The van der Waals surface area contributed by atoms with Gasteiger partial charge in [0.2, 0.25) is 9.79 Å². The molecule has 1 heterocycles. The second kappa shape index (κ2) is 4.29. The van der Waals surface area contributed by atoms with Crippen molar-refractivity contribution in [2.75, 3.05) is 0 Å². The Morgan fingerprint density at radius 3 is 1.53 bits per heavy atom. The second-order valence-corrected chi connectivity index (χ2v) is 6.55. The molecule has 0 bridgehead atoms. The zero-order valence-electron chi connectivity index (χ0n) is 11.5. The van der Waals surface area contributed by atoms with Crippen LogP contribution < -0.4 is 4.74 Å². The maximum atomic E-state index is 12.7. The van der Waals surface area contributed by atoms with E-state index in [4.69, 9.17) is 4.74 Å². The summed E-state index contributed by atoms with van der Waals surface area (Å²) >= 11 is -1.15. The third kappa shape index (κ3) is 1.94. The van der Waals surface area contributed by atoms with Gasteiger partial charge in [-0.1, -0.05) is 0 Å². The molecule has 2 nitrogen and oxygen atoms in total. The van der Waals surface area contributed by atoms with E-state index >= 15 is 0 Å². The molecule has 0 radical (unpaired) electrons.